The molecule has 0 aromatic carbocycles. The lowest BCUT2D eigenvalue weighted by molar-refractivity contribution is -0.137. The van der Waals surface area contributed by atoms with E-state index in [1.54, 1.807) is 0 Å². The van der Waals surface area contributed by atoms with Crippen molar-refractivity contribution >= 4 is 5.97 Å². The third-order valence-corrected chi connectivity index (χ3v) is 2.14. The minimum absolute atomic E-state index is 0.193. The molecule has 0 spiro atoms. The normalized spacial score (nSPS) is 11.5. The maximum Gasteiger partial charge on any atom is 0.419 e. The molecule has 1 N–H and O–H groups in total. The van der Waals surface area contributed by atoms with Gasteiger partial charge in [0, 0.05) is 12.4 Å². The zero-order valence-corrected chi connectivity index (χ0v) is 8.72. The highest BCUT2D eigenvalue weighted by molar-refractivity contribution is 5.85. The second-order valence-electron chi connectivity index (χ2n) is 3.38. The van der Waals surface area contributed by atoms with Gasteiger partial charge in [0.2, 0.25) is 0 Å². The molecule has 0 bridgehead atoms. The van der Waals surface area contributed by atoms with Crippen molar-refractivity contribution < 1.29 is 23.1 Å². The Hall–Kier alpha value is -2.38. The van der Waals surface area contributed by atoms with Crippen LogP contribution < -0.4 is 0 Å². The average Bonchev–Trinajstić information content (AvgIpc) is 2.78. The van der Waals surface area contributed by atoms with Crippen molar-refractivity contribution in [3.63, 3.8) is 0 Å². The van der Waals surface area contributed by atoms with Gasteiger partial charge in [-0.15, -0.1) is 0 Å². The molecule has 0 fully saturated rings. The SMILES string of the molecule is O=C(O)c1cc(-n2cc(C(F)(F)F)cn2)ccn1. The predicted octanol–water partition coefficient (Wildman–Crippen LogP) is 1.98. The summed E-state index contributed by atoms with van der Waals surface area (Å²) in [7, 11) is 0. The van der Waals surface area contributed by atoms with Gasteiger partial charge in [-0.25, -0.2) is 14.5 Å². The van der Waals surface area contributed by atoms with Crippen LogP contribution in [-0.2, 0) is 6.18 Å². The first-order valence-corrected chi connectivity index (χ1v) is 4.69. The fourth-order valence-corrected chi connectivity index (χ4v) is 1.29. The van der Waals surface area contributed by atoms with Crippen LogP contribution in [0.15, 0.2) is 30.7 Å². The number of hydrogen-bond acceptors (Lipinski definition) is 3. The van der Waals surface area contributed by atoms with E-state index in [1.807, 2.05) is 0 Å². The van der Waals surface area contributed by atoms with Gasteiger partial charge in [-0.05, 0) is 12.1 Å². The number of pyridine rings is 1. The maximum absolute atomic E-state index is 12.4. The van der Waals surface area contributed by atoms with Crippen molar-refractivity contribution in [3.8, 4) is 5.69 Å². The van der Waals surface area contributed by atoms with Gasteiger partial charge in [-0.3, -0.25) is 0 Å². The van der Waals surface area contributed by atoms with Gasteiger partial charge < -0.3 is 5.11 Å². The Morgan fingerprint density at radius 2 is 2.11 bits per heavy atom. The molecule has 0 aliphatic carbocycles. The van der Waals surface area contributed by atoms with Crippen LogP contribution in [-0.4, -0.2) is 25.8 Å². The summed E-state index contributed by atoms with van der Waals surface area (Å²) in [5.41, 5.74) is -0.981. The van der Waals surface area contributed by atoms with Crippen LogP contribution in [0.25, 0.3) is 5.69 Å². The number of alkyl halides is 3. The molecule has 0 unspecified atom stereocenters. The standard InChI is InChI=1S/C10H6F3N3O2/c11-10(12,13)6-4-15-16(5-6)7-1-2-14-8(3-7)9(17)18/h1-5H,(H,17,18). The highest BCUT2D eigenvalue weighted by Gasteiger charge is 2.32. The summed E-state index contributed by atoms with van der Waals surface area (Å²) in [4.78, 5) is 14.2. The molecular formula is C10H6F3N3O2. The molecule has 0 saturated heterocycles. The Morgan fingerprint density at radius 1 is 1.39 bits per heavy atom. The third kappa shape index (κ3) is 2.31. The number of halogens is 3. The van der Waals surface area contributed by atoms with E-state index in [2.05, 4.69) is 10.1 Å². The summed E-state index contributed by atoms with van der Waals surface area (Å²) < 4.78 is 38.0. The van der Waals surface area contributed by atoms with Gasteiger partial charge in [0.15, 0.2) is 0 Å². The van der Waals surface area contributed by atoms with Crippen LogP contribution in [0.3, 0.4) is 0 Å². The largest absolute Gasteiger partial charge is 0.477 e. The smallest absolute Gasteiger partial charge is 0.419 e. The van der Waals surface area contributed by atoms with Gasteiger partial charge in [0.05, 0.1) is 17.4 Å². The summed E-state index contributed by atoms with van der Waals surface area (Å²) in [6.45, 7) is 0. The van der Waals surface area contributed by atoms with Crippen molar-refractivity contribution in [2.75, 3.05) is 0 Å². The zero-order chi connectivity index (χ0) is 13.3. The molecule has 0 aliphatic rings. The van der Waals surface area contributed by atoms with Gasteiger partial charge in [0.1, 0.15) is 5.69 Å². The first-order chi connectivity index (χ1) is 8.38. The summed E-state index contributed by atoms with van der Waals surface area (Å²) >= 11 is 0. The zero-order valence-electron chi connectivity index (χ0n) is 8.72. The second kappa shape index (κ2) is 4.13. The first-order valence-electron chi connectivity index (χ1n) is 4.69. The average molecular weight is 257 g/mol. The second-order valence-corrected chi connectivity index (χ2v) is 3.38. The highest BCUT2D eigenvalue weighted by Crippen LogP contribution is 2.29. The summed E-state index contributed by atoms with van der Waals surface area (Å²) in [6.07, 6.45) is -1.85. The topological polar surface area (TPSA) is 68.0 Å². The van der Waals surface area contributed by atoms with Gasteiger partial charge in [-0.1, -0.05) is 0 Å². The van der Waals surface area contributed by atoms with E-state index in [-0.39, 0.29) is 11.4 Å². The van der Waals surface area contributed by atoms with E-state index >= 15 is 0 Å². The lowest BCUT2D eigenvalue weighted by Crippen LogP contribution is -2.04. The maximum atomic E-state index is 12.4. The lowest BCUT2D eigenvalue weighted by atomic mass is 10.3. The fraction of sp³-hybridized carbons (Fsp3) is 0.100. The van der Waals surface area contributed by atoms with Crippen molar-refractivity contribution in [3.05, 3.63) is 42.0 Å². The van der Waals surface area contributed by atoms with Crippen LogP contribution in [0, 0.1) is 0 Å². The molecule has 2 aromatic heterocycles. The number of nitrogens with zero attached hydrogens (tertiary/aromatic N) is 3. The molecule has 0 aliphatic heterocycles. The van der Waals surface area contributed by atoms with Gasteiger partial charge in [0.25, 0.3) is 0 Å². The molecule has 8 heteroatoms. The van der Waals surface area contributed by atoms with Crippen molar-refractivity contribution in [1.29, 1.82) is 0 Å². The van der Waals surface area contributed by atoms with Crippen LogP contribution in [0.1, 0.15) is 16.1 Å². The fourth-order valence-electron chi connectivity index (χ4n) is 1.29. The highest BCUT2D eigenvalue weighted by atomic mass is 19.4. The molecule has 2 rings (SSSR count). The minimum Gasteiger partial charge on any atom is -0.477 e. The van der Waals surface area contributed by atoms with E-state index < -0.39 is 17.7 Å². The first kappa shape index (κ1) is 12.1. The molecule has 5 nitrogen and oxygen atoms in total. The Balaban J connectivity index is 2.40. The van der Waals surface area contributed by atoms with Crippen molar-refractivity contribution in [1.82, 2.24) is 14.8 Å². The molecule has 0 amide bonds. The number of carboxylic acid groups (broad SMARTS) is 1. The Kier molecular flexibility index (Phi) is 2.77. The third-order valence-electron chi connectivity index (χ3n) is 2.14. The predicted molar refractivity (Wildman–Crippen MR) is 53.3 cm³/mol. The van der Waals surface area contributed by atoms with E-state index in [0.29, 0.717) is 6.20 Å². The van der Waals surface area contributed by atoms with E-state index in [1.165, 1.54) is 12.3 Å². The van der Waals surface area contributed by atoms with E-state index in [4.69, 9.17) is 5.11 Å². The monoisotopic (exact) mass is 257 g/mol. The molecule has 0 atom stereocenters. The molecule has 2 aromatic rings. The number of hydrogen-bond donors (Lipinski definition) is 1. The van der Waals surface area contributed by atoms with Crippen LogP contribution >= 0.6 is 0 Å². The molecule has 2 heterocycles. The van der Waals surface area contributed by atoms with Gasteiger partial charge >= 0.3 is 12.1 Å². The van der Waals surface area contributed by atoms with Crippen LogP contribution in [0.2, 0.25) is 0 Å². The minimum atomic E-state index is -4.49. The summed E-state index contributed by atoms with van der Waals surface area (Å²) in [5, 5.41) is 12.2. The van der Waals surface area contributed by atoms with Crippen molar-refractivity contribution in [2.24, 2.45) is 0 Å². The molecule has 0 saturated carbocycles. The summed E-state index contributed by atoms with van der Waals surface area (Å²) in [6, 6.07) is 2.50. The number of rotatable bonds is 2. The summed E-state index contributed by atoms with van der Waals surface area (Å²) in [5.74, 6) is -1.26. The van der Waals surface area contributed by atoms with Crippen LogP contribution in [0.5, 0.6) is 0 Å². The van der Waals surface area contributed by atoms with Gasteiger partial charge in [-0.2, -0.15) is 18.3 Å². The van der Waals surface area contributed by atoms with Crippen LogP contribution in [0.4, 0.5) is 13.2 Å². The Bertz CT molecular complexity index is 592. The van der Waals surface area contributed by atoms with Crippen molar-refractivity contribution in [2.45, 2.75) is 6.18 Å². The molecule has 18 heavy (non-hydrogen) atoms. The quantitative estimate of drug-likeness (QED) is 0.893. The Morgan fingerprint density at radius 3 is 2.67 bits per heavy atom. The lowest BCUT2D eigenvalue weighted by Gasteiger charge is -2.02. The number of carboxylic acids is 1. The van der Waals surface area contributed by atoms with E-state index in [0.717, 1.165) is 16.9 Å². The Labute approximate surface area is 98.5 Å². The molecule has 94 valence electrons. The number of aromatic nitrogens is 3. The molecular weight excluding hydrogens is 251 g/mol. The number of aromatic carboxylic acids is 1. The van der Waals surface area contributed by atoms with E-state index in [9.17, 15) is 18.0 Å². The number of carbonyl (C=O) groups is 1. The molecule has 0 radical (unpaired) electrons.